The third kappa shape index (κ3) is 3.21. The molecule has 0 bridgehead atoms. The molecule has 0 spiro atoms. The van der Waals surface area contributed by atoms with Crippen LogP contribution in [0.3, 0.4) is 0 Å². The van der Waals surface area contributed by atoms with Crippen molar-refractivity contribution >= 4 is 17.5 Å². The number of imide groups is 1. The summed E-state index contributed by atoms with van der Waals surface area (Å²) in [5, 5.41) is 12.7. The third-order valence-electron chi connectivity index (χ3n) is 2.11. The van der Waals surface area contributed by atoms with E-state index >= 15 is 0 Å². The lowest BCUT2D eigenvalue weighted by Crippen LogP contribution is -2.30. The Hall–Kier alpha value is -2.57. The van der Waals surface area contributed by atoms with Crippen LogP contribution in [0.4, 0.5) is 5.69 Å². The average Bonchev–Trinajstić information content (AvgIpc) is 2.29. The van der Waals surface area contributed by atoms with Gasteiger partial charge in [0, 0.05) is 12.5 Å². The molecule has 94 valence electrons. The predicted molar refractivity (Wildman–Crippen MR) is 62.9 cm³/mol. The number of nitrogens with one attached hydrogen (secondary N) is 1. The van der Waals surface area contributed by atoms with Gasteiger partial charge in [0.15, 0.2) is 0 Å². The lowest BCUT2D eigenvalue weighted by atomic mass is 10.2. The normalized spacial score (nSPS) is 9.61. The first-order chi connectivity index (χ1) is 8.45. The van der Waals surface area contributed by atoms with Crippen molar-refractivity contribution in [1.82, 2.24) is 10.3 Å². The molecule has 0 radical (unpaired) electrons. The number of carbonyl (C=O) groups is 2. The van der Waals surface area contributed by atoms with Crippen molar-refractivity contribution in [2.75, 3.05) is 0 Å². The zero-order valence-corrected chi connectivity index (χ0v) is 9.67. The van der Waals surface area contributed by atoms with Gasteiger partial charge in [-0.2, -0.15) is 0 Å². The number of nitro groups is 1. The lowest BCUT2D eigenvalue weighted by Gasteiger charge is -2.04. The second-order valence-electron chi connectivity index (χ2n) is 3.45. The van der Waals surface area contributed by atoms with Crippen molar-refractivity contribution < 1.29 is 14.5 Å². The molecule has 0 unspecified atom stereocenters. The molecule has 0 atom stereocenters. The summed E-state index contributed by atoms with van der Waals surface area (Å²) in [7, 11) is 0. The molecule has 0 aliphatic heterocycles. The van der Waals surface area contributed by atoms with Gasteiger partial charge in [0.2, 0.25) is 5.91 Å². The summed E-state index contributed by atoms with van der Waals surface area (Å²) >= 11 is 0. The van der Waals surface area contributed by atoms with Crippen LogP contribution in [0.25, 0.3) is 0 Å². The van der Waals surface area contributed by atoms with E-state index in [-0.39, 0.29) is 17.7 Å². The van der Waals surface area contributed by atoms with Crippen molar-refractivity contribution in [3.63, 3.8) is 0 Å². The van der Waals surface area contributed by atoms with Crippen LogP contribution in [0.5, 0.6) is 0 Å². The highest BCUT2D eigenvalue weighted by Crippen LogP contribution is 2.14. The highest BCUT2D eigenvalue weighted by molar-refractivity contribution is 6.05. The fraction of sp³-hybridized carbons (Fsp3) is 0.182. The van der Waals surface area contributed by atoms with Gasteiger partial charge < -0.3 is 0 Å². The molecule has 0 saturated carbocycles. The molecule has 0 aromatic carbocycles. The van der Waals surface area contributed by atoms with Crippen LogP contribution in [0, 0.1) is 17.0 Å². The predicted octanol–water partition coefficient (Wildman–Crippen LogP) is 1.13. The van der Waals surface area contributed by atoms with Crippen molar-refractivity contribution in [2.45, 2.75) is 13.3 Å². The van der Waals surface area contributed by atoms with Gasteiger partial charge in [-0.3, -0.25) is 30.0 Å². The third-order valence-corrected chi connectivity index (χ3v) is 2.11. The Morgan fingerprint density at radius 3 is 2.83 bits per heavy atom. The van der Waals surface area contributed by atoms with Crippen molar-refractivity contribution in [3.8, 4) is 0 Å². The van der Waals surface area contributed by atoms with Crippen LogP contribution in [0.2, 0.25) is 0 Å². The molecule has 0 saturated heterocycles. The van der Waals surface area contributed by atoms with Crippen molar-refractivity contribution in [1.29, 1.82) is 0 Å². The monoisotopic (exact) mass is 249 g/mol. The van der Waals surface area contributed by atoms with E-state index in [0.29, 0.717) is 5.69 Å². The Morgan fingerprint density at radius 2 is 2.28 bits per heavy atom. The molecule has 1 aromatic rings. The molecule has 1 heterocycles. The molecule has 18 heavy (non-hydrogen) atoms. The molecule has 1 N–H and O–H groups in total. The number of amides is 2. The summed E-state index contributed by atoms with van der Waals surface area (Å²) in [5.41, 5.74) is 0.00744. The van der Waals surface area contributed by atoms with E-state index in [4.69, 9.17) is 0 Å². The van der Waals surface area contributed by atoms with Crippen LogP contribution in [-0.4, -0.2) is 21.7 Å². The number of rotatable bonds is 4. The van der Waals surface area contributed by atoms with E-state index in [1.165, 1.54) is 13.0 Å². The minimum atomic E-state index is -0.712. The maximum atomic E-state index is 11.7. The van der Waals surface area contributed by atoms with E-state index in [0.717, 1.165) is 12.3 Å². The molecular formula is C11H11N3O4. The Bertz CT molecular complexity index is 525. The molecule has 0 fully saturated rings. The SMILES string of the molecule is C=CCC(=O)NC(=O)c1cc([N+](=O)[O-])cnc1C. The highest BCUT2D eigenvalue weighted by atomic mass is 16.6. The lowest BCUT2D eigenvalue weighted by molar-refractivity contribution is -0.385. The molecule has 2 amide bonds. The Labute approximate surface area is 103 Å². The van der Waals surface area contributed by atoms with Gasteiger partial charge in [-0.1, -0.05) is 6.08 Å². The number of nitrogens with zero attached hydrogens (tertiary/aromatic N) is 2. The highest BCUT2D eigenvalue weighted by Gasteiger charge is 2.17. The summed E-state index contributed by atoms with van der Waals surface area (Å²) in [6, 6.07) is 1.08. The first kappa shape index (κ1) is 13.5. The number of hydrogen-bond acceptors (Lipinski definition) is 5. The number of aromatic nitrogens is 1. The maximum Gasteiger partial charge on any atom is 0.288 e. The van der Waals surface area contributed by atoms with E-state index in [1.54, 1.807) is 0 Å². The van der Waals surface area contributed by atoms with Crippen LogP contribution < -0.4 is 5.32 Å². The molecule has 1 aromatic heterocycles. The molecule has 7 heteroatoms. The molecular weight excluding hydrogens is 238 g/mol. The second kappa shape index (κ2) is 5.67. The Balaban J connectivity index is 2.97. The van der Waals surface area contributed by atoms with Gasteiger partial charge in [-0.25, -0.2) is 0 Å². The summed E-state index contributed by atoms with van der Waals surface area (Å²) in [5.74, 6) is -1.24. The molecule has 0 aliphatic carbocycles. The number of carbonyl (C=O) groups excluding carboxylic acids is 2. The van der Waals surface area contributed by atoms with Crippen LogP contribution >= 0.6 is 0 Å². The van der Waals surface area contributed by atoms with Gasteiger partial charge in [-0.05, 0) is 6.92 Å². The summed E-state index contributed by atoms with van der Waals surface area (Å²) in [6.45, 7) is 4.89. The van der Waals surface area contributed by atoms with Gasteiger partial charge >= 0.3 is 0 Å². The number of pyridine rings is 1. The van der Waals surface area contributed by atoms with Crippen LogP contribution in [0.1, 0.15) is 22.5 Å². The largest absolute Gasteiger partial charge is 0.292 e. The number of aryl methyl sites for hydroxylation is 1. The van der Waals surface area contributed by atoms with E-state index in [2.05, 4.69) is 16.9 Å². The summed E-state index contributed by atoms with van der Waals surface area (Å²) < 4.78 is 0. The van der Waals surface area contributed by atoms with Crippen molar-refractivity contribution in [3.05, 3.63) is 46.3 Å². The van der Waals surface area contributed by atoms with Gasteiger partial charge in [0.1, 0.15) is 6.20 Å². The minimum absolute atomic E-state index is 0.00149. The topological polar surface area (TPSA) is 102 Å². The van der Waals surface area contributed by atoms with Crippen LogP contribution in [0.15, 0.2) is 24.9 Å². The second-order valence-corrected chi connectivity index (χ2v) is 3.45. The van der Waals surface area contributed by atoms with Crippen LogP contribution in [-0.2, 0) is 4.79 Å². The first-order valence-corrected chi connectivity index (χ1v) is 5.01. The summed E-state index contributed by atoms with van der Waals surface area (Å²) in [4.78, 5) is 36.5. The number of hydrogen-bond donors (Lipinski definition) is 1. The van der Waals surface area contributed by atoms with E-state index in [9.17, 15) is 19.7 Å². The Kier molecular flexibility index (Phi) is 4.25. The van der Waals surface area contributed by atoms with Gasteiger partial charge in [-0.15, -0.1) is 6.58 Å². The fourth-order valence-corrected chi connectivity index (χ4v) is 1.23. The zero-order valence-electron chi connectivity index (χ0n) is 9.67. The first-order valence-electron chi connectivity index (χ1n) is 5.01. The molecule has 1 rings (SSSR count). The zero-order chi connectivity index (χ0) is 13.7. The fourth-order valence-electron chi connectivity index (χ4n) is 1.23. The molecule has 7 nitrogen and oxygen atoms in total. The van der Waals surface area contributed by atoms with E-state index in [1.807, 2.05) is 0 Å². The average molecular weight is 249 g/mol. The molecule has 0 aliphatic rings. The van der Waals surface area contributed by atoms with E-state index < -0.39 is 16.7 Å². The van der Waals surface area contributed by atoms with Gasteiger partial charge in [0.05, 0.1) is 16.2 Å². The standard InChI is InChI=1S/C11H11N3O4/c1-3-4-10(15)13-11(16)9-5-8(14(17)18)6-12-7(9)2/h3,5-6H,1,4H2,2H3,(H,13,15,16). The summed E-state index contributed by atoms with van der Waals surface area (Å²) in [6.07, 6.45) is 2.39. The quantitative estimate of drug-likeness (QED) is 0.489. The Morgan fingerprint density at radius 1 is 1.61 bits per heavy atom. The maximum absolute atomic E-state index is 11.7. The minimum Gasteiger partial charge on any atom is -0.292 e. The van der Waals surface area contributed by atoms with Gasteiger partial charge in [0.25, 0.3) is 11.6 Å². The smallest absolute Gasteiger partial charge is 0.288 e. The van der Waals surface area contributed by atoms with Crippen molar-refractivity contribution in [2.24, 2.45) is 0 Å².